The first-order chi connectivity index (χ1) is 8.99. The molecule has 110 valence electrons. The highest BCUT2D eigenvalue weighted by molar-refractivity contribution is 5.93. The molecule has 1 amide bonds. The number of unbranched alkanes of at least 4 members (excludes halogenated alkanes) is 1. The van der Waals surface area contributed by atoms with Crippen molar-refractivity contribution in [2.24, 2.45) is 5.92 Å². The molecule has 0 aliphatic carbocycles. The van der Waals surface area contributed by atoms with E-state index >= 15 is 0 Å². The Morgan fingerprint density at radius 3 is 2.26 bits per heavy atom. The maximum absolute atomic E-state index is 11.6. The zero-order valence-electron chi connectivity index (χ0n) is 12.1. The van der Waals surface area contributed by atoms with Crippen LogP contribution >= 0.6 is 0 Å². The van der Waals surface area contributed by atoms with Gasteiger partial charge in [0.15, 0.2) is 0 Å². The molecule has 1 fully saturated rings. The summed E-state index contributed by atoms with van der Waals surface area (Å²) < 4.78 is 0. The van der Waals surface area contributed by atoms with Crippen LogP contribution in [-0.2, 0) is 9.59 Å². The topological polar surface area (TPSA) is 60.9 Å². The standard InChI is InChI=1S/C14H26N2O3/c1-12(2)5-3-4-6-15-7-9-16(10-8-15)13(17)11-14(18)19/h12H,3-11H2,1-2H3,(H,18,19). The third-order valence-corrected chi connectivity index (χ3v) is 3.53. The number of piperazine rings is 1. The van der Waals surface area contributed by atoms with E-state index in [1.54, 1.807) is 4.90 Å². The Bertz CT molecular complexity index is 297. The Morgan fingerprint density at radius 2 is 1.74 bits per heavy atom. The largest absolute Gasteiger partial charge is 0.481 e. The molecule has 1 rings (SSSR count). The van der Waals surface area contributed by atoms with Crippen molar-refractivity contribution in [1.82, 2.24) is 9.80 Å². The fourth-order valence-corrected chi connectivity index (χ4v) is 2.35. The second-order valence-corrected chi connectivity index (χ2v) is 5.68. The van der Waals surface area contributed by atoms with Crippen molar-refractivity contribution in [3.8, 4) is 0 Å². The van der Waals surface area contributed by atoms with Crippen molar-refractivity contribution in [3.05, 3.63) is 0 Å². The minimum Gasteiger partial charge on any atom is -0.481 e. The van der Waals surface area contributed by atoms with Gasteiger partial charge in [0, 0.05) is 26.2 Å². The van der Waals surface area contributed by atoms with Gasteiger partial charge in [-0.2, -0.15) is 0 Å². The van der Waals surface area contributed by atoms with Gasteiger partial charge in [-0.25, -0.2) is 0 Å². The summed E-state index contributed by atoms with van der Waals surface area (Å²) in [4.78, 5) is 26.1. The van der Waals surface area contributed by atoms with E-state index in [4.69, 9.17) is 5.11 Å². The van der Waals surface area contributed by atoms with E-state index in [0.29, 0.717) is 13.1 Å². The van der Waals surface area contributed by atoms with E-state index in [9.17, 15) is 9.59 Å². The van der Waals surface area contributed by atoms with Gasteiger partial charge in [0.2, 0.25) is 5.91 Å². The Labute approximate surface area is 115 Å². The smallest absolute Gasteiger partial charge is 0.312 e. The van der Waals surface area contributed by atoms with Gasteiger partial charge < -0.3 is 10.0 Å². The summed E-state index contributed by atoms with van der Waals surface area (Å²) in [6, 6.07) is 0. The number of hydrogen-bond donors (Lipinski definition) is 1. The highest BCUT2D eigenvalue weighted by Gasteiger charge is 2.22. The molecule has 1 aliphatic rings. The van der Waals surface area contributed by atoms with Crippen molar-refractivity contribution in [1.29, 1.82) is 0 Å². The molecule has 0 radical (unpaired) electrons. The van der Waals surface area contributed by atoms with Crippen molar-refractivity contribution in [2.75, 3.05) is 32.7 Å². The number of aliphatic carboxylic acids is 1. The van der Waals surface area contributed by atoms with Crippen LogP contribution in [-0.4, -0.2) is 59.5 Å². The number of carboxylic acid groups (broad SMARTS) is 1. The Morgan fingerprint density at radius 1 is 1.11 bits per heavy atom. The van der Waals surface area contributed by atoms with Crippen LogP contribution in [0.15, 0.2) is 0 Å². The van der Waals surface area contributed by atoms with Crippen LogP contribution in [0.1, 0.15) is 39.5 Å². The first-order valence-corrected chi connectivity index (χ1v) is 7.21. The fraction of sp³-hybridized carbons (Fsp3) is 0.857. The molecule has 5 nitrogen and oxygen atoms in total. The van der Waals surface area contributed by atoms with E-state index in [1.807, 2.05) is 0 Å². The van der Waals surface area contributed by atoms with Crippen LogP contribution in [0.2, 0.25) is 0 Å². The molecular formula is C14H26N2O3. The summed E-state index contributed by atoms with van der Waals surface area (Å²) in [6.07, 6.45) is 3.36. The lowest BCUT2D eigenvalue weighted by molar-refractivity contribution is -0.145. The van der Waals surface area contributed by atoms with Gasteiger partial charge in [0.05, 0.1) is 0 Å². The van der Waals surface area contributed by atoms with Crippen LogP contribution < -0.4 is 0 Å². The number of nitrogens with zero attached hydrogens (tertiary/aromatic N) is 2. The normalized spacial score (nSPS) is 16.9. The third-order valence-electron chi connectivity index (χ3n) is 3.53. The second kappa shape index (κ2) is 8.15. The lowest BCUT2D eigenvalue weighted by atomic mass is 10.1. The molecular weight excluding hydrogens is 244 g/mol. The molecule has 0 aromatic heterocycles. The molecule has 0 atom stereocenters. The summed E-state index contributed by atoms with van der Waals surface area (Å²) in [5.74, 6) is -0.529. The minimum atomic E-state index is -1.04. The Kier molecular flexibility index (Phi) is 6.84. The van der Waals surface area contributed by atoms with Gasteiger partial charge in [-0.1, -0.05) is 26.7 Å². The average molecular weight is 270 g/mol. The van der Waals surface area contributed by atoms with Crippen molar-refractivity contribution in [3.63, 3.8) is 0 Å². The molecule has 0 spiro atoms. The first kappa shape index (κ1) is 16.0. The van der Waals surface area contributed by atoms with E-state index in [1.165, 1.54) is 19.3 Å². The predicted octanol–water partition coefficient (Wildman–Crippen LogP) is 1.43. The van der Waals surface area contributed by atoms with Crippen LogP contribution in [0.5, 0.6) is 0 Å². The molecule has 5 heteroatoms. The van der Waals surface area contributed by atoms with E-state index in [0.717, 1.165) is 25.6 Å². The molecule has 0 bridgehead atoms. The molecule has 1 aliphatic heterocycles. The molecule has 0 saturated carbocycles. The average Bonchev–Trinajstić information content (AvgIpc) is 2.34. The SMILES string of the molecule is CC(C)CCCCN1CCN(C(=O)CC(=O)O)CC1. The van der Waals surface area contributed by atoms with Gasteiger partial charge in [0.25, 0.3) is 0 Å². The van der Waals surface area contributed by atoms with Gasteiger partial charge in [-0.15, -0.1) is 0 Å². The summed E-state index contributed by atoms with van der Waals surface area (Å²) in [5, 5.41) is 8.60. The quantitative estimate of drug-likeness (QED) is 0.561. The van der Waals surface area contributed by atoms with Crippen LogP contribution in [0, 0.1) is 5.92 Å². The Hall–Kier alpha value is -1.10. The number of carboxylic acids is 1. The molecule has 1 N–H and O–H groups in total. The summed E-state index contributed by atoms with van der Waals surface area (Å²) in [6.45, 7) is 8.64. The lowest BCUT2D eigenvalue weighted by Gasteiger charge is -2.34. The Balaban J connectivity index is 2.14. The third kappa shape index (κ3) is 6.57. The van der Waals surface area contributed by atoms with Gasteiger partial charge in [0.1, 0.15) is 6.42 Å². The van der Waals surface area contributed by atoms with Crippen molar-refractivity contribution < 1.29 is 14.7 Å². The second-order valence-electron chi connectivity index (χ2n) is 5.68. The summed E-state index contributed by atoms with van der Waals surface area (Å²) in [7, 11) is 0. The summed E-state index contributed by atoms with van der Waals surface area (Å²) in [5.41, 5.74) is 0. The zero-order chi connectivity index (χ0) is 14.3. The number of amides is 1. The van der Waals surface area contributed by atoms with Crippen LogP contribution in [0.25, 0.3) is 0 Å². The van der Waals surface area contributed by atoms with E-state index in [2.05, 4.69) is 18.7 Å². The number of rotatable bonds is 7. The van der Waals surface area contributed by atoms with E-state index < -0.39 is 5.97 Å². The molecule has 0 unspecified atom stereocenters. The van der Waals surface area contributed by atoms with Gasteiger partial charge in [-0.3, -0.25) is 14.5 Å². The van der Waals surface area contributed by atoms with Gasteiger partial charge >= 0.3 is 5.97 Å². The van der Waals surface area contributed by atoms with Crippen molar-refractivity contribution >= 4 is 11.9 Å². The maximum Gasteiger partial charge on any atom is 0.312 e. The van der Waals surface area contributed by atoms with Gasteiger partial charge in [-0.05, 0) is 18.9 Å². The highest BCUT2D eigenvalue weighted by Crippen LogP contribution is 2.09. The molecule has 0 aromatic carbocycles. The number of hydrogen-bond acceptors (Lipinski definition) is 3. The minimum absolute atomic E-state index is 0.257. The molecule has 1 saturated heterocycles. The monoisotopic (exact) mass is 270 g/mol. The first-order valence-electron chi connectivity index (χ1n) is 7.21. The highest BCUT2D eigenvalue weighted by atomic mass is 16.4. The van der Waals surface area contributed by atoms with Crippen LogP contribution in [0.3, 0.4) is 0 Å². The summed E-state index contributed by atoms with van der Waals surface area (Å²) >= 11 is 0. The van der Waals surface area contributed by atoms with Crippen molar-refractivity contribution in [2.45, 2.75) is 39.5 Å². The lowest BCUT2D eigenvalue weighted by Crippen LogP contribution is -2.49. The number of carbonyl (C=O) groups is 2. The van der Waals surface area contributed by atoms with E-state index in [-0.39, 0.29) is 12.3 Å². The molecule has 19 heavy (non-hydrogen) atoms. The molecule has 0 aromatic rings. The van der Waals surface area contributed by atoms with Crippen LogP contribution in [0.4, 0.5) is 0 Å². The zero-order valence-corrected chi connectivity index (χ0v) is 12.1. The fourth-order valence-electron chi connectivity index (χ4n) is 2.35. The molecule has 1 heterocycles. The predicted molar refractivity (Wildman–Crippen MR) is 74.0 cm³/mol. The number of carbonyl (C=O) groups excluding carboxylic acids is 1. The maximum atomic E-state index is 11.6.